The lowest BCUT2D eigenvalue weighted by Crippen LogP contribution is -2.45. The normalized spacial score (nSPS) is 29.4. The number of hydrogen-bond acceptors (Lipinski definition) is 3. The molecule has 0 aliphatic heterocycles. The second-order valence-electron chi connectivity index (χ2n) is 3.84. The molecule has 0 aromatic rings. The molecule has 3 unspecified atom stereocenters. The van der Waals surface area contributed by atoms with Crippen LogP contribution in [0.15, 0.2) is 0 Å². The summed E-state index contributed by atoms with van der Waals surface area (Å²) >= 11 is 3.47. The van der Waals surface area contributed by atoms with Crippen LogP contribution >= 0.6 is 15.9 Å². The van der Waals surface area contributed by atoms with Gasteiger partial charge in [-0.2, -0.15) is 5.26 Å². The van der Waals surface area contributed by atoms with Crippen LogP contribution in [0.1, 0.15) is 32.6 Å². The minimum absolute atomic E-state index is 0.0699. The Hall–Kier alpha value is -0.120. The number of halogens is 1. The van der Waals surface area contributed by atoms with Gasteiger partial charge in [-0.05, 0) is 19.8 Å². The SMILES string of the molecule is CC(C#N)S(=O)(=O)NC1CCCCC1Br. The number of nitrogens with one attached hydrogen (secondary N) is 1. The van der Waals surface area contributed by atoms with Crippen molar-refractivity contribution in [2.24, 2.45) is 0 Å². The third-order valence-electron chi connectivity index (χ3n) is 2.64. The Labute approximate surface area is 99.2 Å². The van der Waals surface area contributed by atoms with Crippen LogP contribution in [0.4, 0.5) is 0 Å². The van der Waals surface area contributed by atoms with Crippen LogP contribution in [-0.2, 0) is 10.0 Å². The fraction of sp³-hybridized carbons (Fsp3) is 0.889. The van der Waals surface area contributed by atoms with Gasteiger partial charge in [0.25, 0.3) is 0 Å². The largest absolute Gasteiger partial charge is 0.227 e. The highest BCUT2D eigenvalue weighted by Crippen LogP contribution is 2.25. The van der Waals surface area contributed by atoms with E-state index in [0.717, 1.165) is 25.7 Å². The van der Waals surface area contributed by atoms with Crippen LogP contribution in [0.3, 0.4) is 0 Å². The highest BCUT2D eigenvalue weighted by molar-refractivity contribution is 9.09. The van der Waals surface area contributed by atoms with Crippen LogP contribution in [0.5, 0.6) is 0 Å². The maximum absolute atomic E-state index is 11.6. The van der Waals surface area contributed by atoms with E-state index in [9.17, 15) is 8.42 Å². The molecule has 0 radical (unpaired) electrons. The van der Waals surface area contributed by atoms with Gasteiger partial charge in [0.2, 0.25) is 10.0 Å². The Morgan fingerprint density at radius 3 is 2.60 bits per heavy atom. The van der Waals surface area contributed by atoms with E-state index < -0.39 is 15.3 Å². The monoisotopic (exact) mass is 294 g/mol. The lowest BCUT2D eigenvalue weighted by Gasteiger charge is -2.28. The summed E-state index contributed by atoms with van der Waals surface area (Å²) in [6, 6.07) is 1.67. The molecule has 0 spiro atoms. The first kappa shape index (κ1) is 12.9. The molecule has 0 aromatic heterocycles. The predicted molar refractivity (Wildman–Crippen MR) is 62.1 cm³/mol. The maximum Gasteiger partial charge on any atom is 0.227 e. The van der Waals surface area contributed by atoms with Gasteiger partial charge in [-0.3, -0.25) is 0 Å². The molecule has 0 bridgehead atoms. The fourth-order valence-corrected chi connectivity index (χ4v) is 3.54. The van der Waals surface area contributed by atoms with Gasteiger partial charge in [0, 0.05) is 10.9 Å². The highest BCUT2D eigenvalue weighted by atomic mass is 79.9. The molecular weight excluding hydrogens is 280 g/mol. The van der Waals surface area contributed by atoms with Gasteiger partial charge in [-0.25, -0.2) is 13.1 Å². The van der Waals surface area contributed by atoms with Gasteiger partial charge in [0.1, 0.15) is 0 Å². The Morgan fingerprint density at radius 2 is 2.07 bits per heavy atom. The molecular formula is C9H15BrN2O2S. The second kappa shape index (κ2) is 5.28. The molecule has 1 aliphatic rings. The average Bonchev–Trinajstić information content (AvgIpc) is 2.20. The zero-order valence-electron chi connectivity index (χ0n) is 8.61. The Balaban J connectivity index is 2.65. The summed E-state index contributed by atoms with van der Waals surface area (Å²) < 4.78 is 25.8. The van der Waals surface area contributed by atoms with Crippen molar-refractivity contribution in [2.45, 2.75) is 48.7 Å². The molecule has 6 heteroatoms. The van der Waals surface area contributed by atoms with E-state index in [1.54, 1.807) is 6.07 Å². The predicted octanol–water partition coefficient (Wildman–Crippen LogP) is 1.52. The molecule has 3 atom stereocenters. The second-order valence-corrected chi connectivity index (χ2v) is 7.05. The summed E-state index contributed by atoms with van der Waals surface area (Å²) in [4.78, 5) is 0.187. The van der Waals surface area contributed by atoms with Crippen molar-refractivity contribution in [1.29, 1.82) is 5.26 Å². The molecule has 1 aliphatic carbocycles. The molecule has 4 nitrogen and oxygen atoms in total. The third-order valence-corrected chi connectivity index (χ3v) is 5.41. The van der Waals surface area contributed by atoms with Crippen LogP contribution in [-0.4, -0.2) is 24.5 Å². The Morgan fingerprint density at radius 1 is 1.47 bits per heavy atom. The van der Waals surface area contributed by atoms with E-state index in [2.05, 4.69) is 20.7 Å². The maximum atomic E-state index is 11.6. The zero-order valence-corrected chi connectivity index (χ0v) is 11.0. The van der Waals surface area contributed by atoms with Gasteiger partial charge in [0.05, 0.1) is 6.07 Å². The number of rotatable bonds is 3. The minimum atomic E-state index is -3.48. The molecule has 0 amide bonds. The Bertz CT molecular complexity index is 350. The van der Waals surface area contributed by atoms with Crippen LogP contribution in [0.25, 0.3) is 0 Å². The molecule has 1 fully saturated rings. The van der Waals surface area contributed by atoms with Gasteiger partial charge < -0.3 is 0 Å². The van der Waals surface area contributed by atoms with Gasteiger partial charge in [-0.15, -0.1) is 0 Å². The molecule has 0 heterocycles. The number of alkyl halides is 1. The van der Waals surface area contributed by atoms with Crippen molar-refractivity contribution in [3.8, 4) is 6.07 Å². The summed E-state index contributed by atoms with van der Waals surface area (Å²) in [5.41, 5.74) is 0. The van der Waals surface area contributed by atoms with E-state index in [1.807, 2.05) is 0 Å². The molecule has 15 heavy (non-hydrogen) atoms. The fourth-order valence-electron chi connectivity index (χ4n) is 1.60. The van der Waals surface area contributed by atoms with Crippen LogP contribution in [0, 0.1) is 11.3 Å². The average molecular weight is 295 g/mol. The first-order chi connectivity index (χ1) is 6.97. The Kier molecular flexibility index (Phi) is 4.56. The van der Waals surface area contributed by atoms with Crippen molar-refractivity contribution >= 4 is 26.0 Å². The van der Waals surface area contributed by atoms with Crippen molar-refractivity contribution in [2.75, 3.05) is 0 Å². The molecule has 1 N–H and O–H groups in total. The van der Waals surface area contributed by atoms with Crippen molar-refractivity contribution in [3.63, 3.8) is 0 Å². The number of hydrogen-bond donors (Lipinski definition) is 1. The summed E-state index contributed by atoms with van der Waals surface area (Å²) in [6.07, 6.45) is 3.99. The van der Waals surface area contributed by atoms with Gasteiger partial charge in [-0.1, -0.05) is 28.8 Å². The smallest absolute Gasteiger partial charge is 0.211 e. The standard InChI is InChI=1S/C9H15BrN2O2S/c1-7(6-11)15(13,14)12-9-5-3-2-4-8(9)10/h7-9,12H,2-5H2,1H3. The van der Waals surface area contributed by atoms with E-state index >= 15 is 0 Å². The van der Waals surface area contributed by atoms with E-state index in [0.29, 0.717) is 0 Å². The van der Waals surface area contributed by atoms with Crippen LogP contribution < -0.4 is 4.72 Å². The quantitative estimate of drug-likeness (QED) is 0.803. The van der Waals surface area contributed by atoms with E-state index in [1.165, 1.54) is 6.92 Å². The lowest BCUT2D eigenvalue weighted by atomic mass is 9.96. The van der Waals surface area contributed by atoms with Gasteiger partial charge >= 0.3 is 0 Å². The molecule has 1 rings (SSSR count). The molecule has 0 saturated heterocycles. The number of nitriles is 1. The third kappa shape index (κ3) is 3.44. The van der Waals surface area contributed by atoms with Gasteiger partial charge in [0.15, 0.2) is 5.25 Å². The number of nitrogens with zero attached hydrogens (tertiary/aromatic N) is 1. The number of sulfonamides is 1. The first-order valence-corrected chi connectivity index (χ1v) is 7.48. The summed E-state index contributed by atoms with van der Waals surface area (Å²) in [5, 5.41) is 7.60. The first-order valence-electron chi connectivity index (χ1n) is 5.02. The molecule has 1 saturated carbocycles. The highest BCUT2D eigenvalue weighted by Gasteiger charge is 2.29. The summed E-state index contributed by atoms with van der Waals surface area (Å²) in [7, 11) is -3.48. The van der Waals surface area contributed by atoms with E-state index in [4.69, 9.17) is 5.26 Å². The summed E-state index contributed by atoms with van der Waals surface area (Å²) in [6.45, 7) is 1.40. The molecule has 86 valence electrons. The van der Waals surface area contributed by atoms with Crippen molar-refractivity contribution < 1.29 is 8.42 Å². The van der Waals surface area contributed by atoms with E-state index in [-0.39, 0.29) is 10.9 Å². The van der Waals surface area contributed by atoms with Crippen molar-refractivity contribution in [1.82, 2.24) is 4.72 Å². The summed E-state index contributed by atoms with van der Waals surface area (Å²) in [5.74, 6) is 0. The topological polar surface area (TPSA) is 70.0 Å². The zero-order chi connectivity index (χ0) is 11.5. The van der Waals surface area contributed by atoms with Crippen LogP contribution in [0.2, 0.25) is 0 Å². The minimum Gasteiger partial charge on any atom is -0.211 e. The lowest BCUT2D eigenvalue weighted by molar-refractivity contribution is 0.426. The van der Waals surface area contributed by atoms with Crippen molar-refractivity contribution in [3.05, 3.63) is 0 Å². The molecule has 0 aromatic carbocycles.